The molecule has 4 rings (SSSR count). The minimum Gasteiger partial charge on any atom is -0.507 e. The van der Waals surface area contributed by atoms with Crippen LogP contribution in [0.1, 0.15) is 45.4 Å². The molecule has 4 aromatic rings. The fourth-order valence-corrected chi connectivity index (χ4v) is 3.79. The molecule has 1 aromatic heterocycles. The Labute approximate surface area is 201 Å². The number of nitrogens with zero attached hydrogens (tertiary/aromatic N) is 3. The first kappa shape index (κ1) is 23.4. The molecule has 0 amide bonds. The quantitative estimate of drug-likeness (QED) is 0.241. The van der Waals surface area contributed by atoms with Crippen molar-refractivity contribution in [3.05, 3.63) is 78.9 Å². The van der Waals surface area contributed by atoms with E-state index in [1.165, 1.54) is 32.1 Å². The minimum absolute atomic E-state index is 0.0877. The van der Waals surface area contributed by atoms with Gasteiger partial charge in [-0.05, 0) is 18.6 Å². The molecule has 34 heavy (non-hydrogen) atoms. The SMILES string of the molecule is CCCCCCCCOc1ccc(-c2nc(-c3ccccc3)nc(-c3ccccc3)n2)c(O)c1. The van der Waals surface area contributed by atoms with E-state index in [1.807, 2.05) is 72.8 Å². The third kappa shape index (κ3) is 6.19. The first-order valence-electron chi connectivity index (χ1n) is 12.1. The van der Waals surface area contributed by atoms with Crippen LogP contribution >= 0.6 is 0 Å². The zero-order valence-electron chi connectivity index (χ0n) is 19.7. The van der Waals surface area contributed by atoms with Gasteiger partial charge in [0.15, 0.2) is 17.5 Å². The number of unbranched alkanes of at least 4 members (excludes halogenated alkanes) is 5. The number of rotatable bonds is 11. The highest BCUT2D eigenvalue weighted by molar-refractivity contribution is 5.70. The van der Waals surface area contributed by atoms with Gasteiger partial charge in [-0.2, -0.15) is 0 Å². The summed E-state index contributed by atoms with van der Waals surface area (Å²) >= 11 is 0. The lowest BCUT2D eigenvalue weighted by Crippen LogP contribution is -2.01. The molecule has 5 nitrogen and oxygen atoms in total. The number of benzene rings is 3. The third-order valence-electron chi connectivity index (χ3n) is 5.68. The topological polar surface area (TPSA) is 68.1 Å². The normalized spacial score (nSPS) is 10.9. The summed E-state index contributed by atoms with van der Waals surface area (Å²) < 4.78 is 5.86. The summed E-state index contributed by atoms with van der Waals surface area (Å²) in [4.78, 5) is 14.1. The summed E-state index contributed by atoms with van der Waals surface area (Å²) in [6.07, 6.45) is 7.26. The number of ether oxygens (including phenoxy) is 1. The number of hydrogen-bond donors (Lipinski definition) is 1. The van der Waals surface area contributed by atoms with Crippen LogP contribution in [0.5, 0.6) is 11.5 Å². The number of aromatic nitrogens is 3. The average molecular weight is 454 g/mol. The van der Waals surface area contributed by atoms with Crippen molar-refractivity contribution in [1.29, 1.82) is 0 Å². The summed E-state index contributed by atoms with van der Waals surface area (Å²) in [7, 11) is 0. The van der Waals surface area contributed by atoms with Crippen LogP contribution in [0, 0.1) is 0 Å². The minimum atomic E-state index is 0.0877. The van der Waals surface area contributed by atoms with Crippen LogP contribution in [-0.2, 0) is 0 Å². The highest BCUT2D eigenvalue weighted by atomic mass is 16.5. The van der Waals surface area contributed by atoms with Crippen LogP contribution in [0.3, 0.4) is 0 Å². The van der Waals surface area contributed by atoms with Gasteiger partial charge in [-0.15, -0.1) is 0 Å². The summed E-state index contributed by atoms with van der Waals surface area (Å²) in [6, 6.07) is 24.9. The molecule has 0 bridgehead atoms. The summed E-state index contributed by atoms with van der Waals surface area (Å²) in [6.45, 7) is 2.87. The molecule has 0 fully saturated rings. The maximum absolute atomic E-state index is 10.8. The lowest BCUT2D eigenvalue weighted by Gasteiger charge is -2.11. The van der Waals surface area contributed by atoms with Crippen LogP contribution in [0.15, 0.2) is 78.9 Å². The number of phenolic OH excluding ortho intramolecular Hbond substituents is 1. The highest BCUT2D eigenvalue weighted by Crippen LogP contribution is 2.32. The first-order chi connectivity index (χ1) is 16.7. The lowest BCUT2D eigenvalue weighted by molar-refractivity contribution is 0.303. The molecular weight excluding hydrogens is 422 g/mol. The van der Waals surface area contributed by atoms with Crippen molar-refractivity contribution in [3.63, 3.8) is 0 Å². The van der Waals surface area contributed by atoms with Crippen molar-refractivity contribution < 1.29 is 9.84 Å². The Morgan fingerprint density at radius 1 is 0.647 bits per heavy atom. The Bertz CT molecular complexity index is 1120. The molecule has 0 aliphatic heterocycles. The fraction of sp³-hybridized carbons (Fsp3) is 0.276. The molecule has 1 N–H and O–H groups in total. The molecule has 0 aliphatic rings. The zero-order chi connectivity index (χ0) is 23.6. The van der Waals surface area contributed by atoms with E-state index in [1.54, 1.807) is 6.07 Å². The highest BCUT2D eigenvalue weighted by Gasteiger charge is 2.15. The van der Waals surface area contributed by atoms with Crippen molar-refractivity contribution in [3.8, 4) is 45.7 Å². The number of aromatic hydroxyl groups is 1. The first-order valence-corrected chi connectivity index (χ1v) is 12.1. The van der Waals surface area contributed by atoms with E-state index in [2.05, 4.69) is 16.9 Å². The molecule has 0 atom stereocenters. The van der Waals surface area contributed by atoms with E-state index in [9.17, 15) is 5.11 Å². The number of hydrogen-bond acceptors (Lipinski definition) is 5. The Kier molecular flexibility index (Phi) is 8.22. The Morgan fingerprint density at radius 2 is 1.21 bits per heavy atom. The maximum atomic E-state index is 10.8. The van der Waals surface area contributed by atoms with Gasteiger partial charge in [-0.3, -0.25) is 0 Å². The maximum Gasteiger partial charge on any atom is 0.167 e. The Balaban J connectivity index is 1.56. The van der Waals surface area contributed by atoms with E-state index in [4.69, 9.17) is 9.72 Å². The van der Waals surface area contributed by atoms with Crippen molar-refractivity contribution in [2.24, 2.45) is 0 Å². The molecule has 0 spiro atoms. The summed E-state index contributed by atoms with van der Waals surface area (Å²) in [5.41, 5.74) is 2.33. The third-order valence-corrected chi connectivity index (χ3v) is 5.68. The second-order valence-corrected chi connectivity index (χ2v) is 8.33. The van der Waals surface area contributed by atoms with Crippen LogP contribution in [0.2, 0.25) is 0 Å². The van der Waals surface area contributed by atoms with Gasteiger partial charge >= 0.3 is 0 Å². The van der Waals surface area contributed by atoms with Gasteiger partial charge < -0.3 is 9.84 Å². The Hall–Kier alpha value is -3.73. The molecule has 3 aromatic carbocycles. The monoisotopic (exact) mass is 453 g/mol. The predicted octanol–water partition coefficient (Wildman–Crippen LogP) is 7.32. The molecule has 174 valence electrons. The smallest absolute Gasteiger partial charge is 0.167 e. The van der Waals surface area contributed by atoms with E-state index in [0.29, 0.717) is 35.4 Å². The number of phenols is 1. The van der Waals surface area contributed by atoms with Crippen LogP contribution < -0.4 is 4.74 Å². The largest absolute Gasteiger partial charge is 0.507 e. The van der Waals surface area contributed by atoms with Gasteiger partial charge in [0.2, 0.25) is 0 Å². The lowest BCUT2D eigenvalue weighted by atomic mass is 10.1. The van der Waals surface area contributed by atoms with Crippen molar-refractivity contribution in [1.82, 2.24) is 15.0 Å². The van der Waals surface area contributed by atoms with E-state index < -0.39 is 0 Å². The molecular formula is C29H31N3O2. The van der Waals surface area contributed by atoms with Gasteiger partial charge in [-0.1, -0.05) is 99.7 Å². The van der Waals surface area contributed by atoms with E-state index in [0.717, 1.165) is 17.5 Å². The van der Waals surface area contributed by atoms with Crippen LogP contribution in [0.25, 0.3) is 34.2 Å². The predicted molar refractivity (Wildman–Crippen MR) is 137 cm³/mol. The van der Waals surface area contributed by atoms with Gasteiger partial charge in [0.05, 0.1) is 12.2 Å². The molecule has 0 radical (unpaired) electrons. The van der Waals surface area contributed by atoms with E-state index >= 15 is 0 Å². The standard InChI is InChI=1S/C29H31N3O2/c1-2-3-4-5-6-13-20-34-24-18-19-25(26(33)21-24)29-31-27(22-14-9-7-10-15-22)30-28(32-29)23-16-11-8-12-17-23/h7-12,14-19,21,33H,2-6,13,20H2,1H3. The Morgan fingerprint density at radius 3 is 1.79 bits per heavy atom. The summed E-state index contributed by atoms with van der Waals surface area (Å²) in [5, 5.41) is 10.8. The van der Waals surface area contributed by atoms with Gasteiger partial charge in [-0.25, -0.2) is 15.0 Å². The van der Waals surface area contributed by atoms with Crippen molar-refractivity contribution in [2.75, 3.05) is 6.61 Å². The molecule has 0 saturated carbocycles. The van der Waals surface area contributed by atoms with Gasteiger partial charge in [0.1, 0.15) is 11.5 Å². The zero-order valence-corrected chi connectivity index (χ0v) is 19.7. The molecule has 0 aliphatic carbocycles. The van der Waals surface area contributed by atoms with Crippen LogP contribution in [-0.4, -0.2) is 26.7 Å². The van der Waals surface area contributed by atoms with Gasteiger partial charge in [0, 0.05) is 17.2 Å². The molecule has 1 heterocycles. The van der Waals surface area contributed by atoms with E-state index in [-0.39, 0.29) is 5.75 Å². The van der Waals surface area contributed by atoms with Crippen LogP contribution in [0.4, 0.5) is 0 Å². The molecule has 0 unspecified atom stereocenters. The van der Waals surface area contributed by atoms with Crippen molar-refractivity contribution >= 4 is 0 Å². The fourth-order valence-electron chi connectivity index (χ4n) is 3.79. The van der Waals surface area contributed by atoms with Crippen molar-refractivity contribution in [2.45, 2.75) is 45.4 Å². The summed E-state index contributed by atoms with van der Waals surface area (Å²) in [5.74, 6) is 2.28. The average Bonchev–Trinajstić information content (AvgIpc) is 2.89. The van der Waals surface area contributed by atoms with Gasteiger partial charge in [0.25, 0.3) is 0 Å². The second-order valence-electron chi connectivity index (χ2n) is 8.33. The molecule has 0 saturated heterocycles. The second kappa shape index (κ2) is 11.9. The molecule has 5 heteroatoms.